The third-order valence-electron chi connectivity index (χ3n) is 1.48. The molecule has 0 radical (unpaired) electrons. The van der Waals surface area contributed by atoms with Gasteiger partial charge in [-0.15, -0.1) is 0 Å². The van der Waals surface area contributed by atoms with Crippen LogP contribution in [0.4, 0.5) is 0 Å². The second kappa shape index (κ2) is 5.50. The van der Waals surface area contributed by atoms with Crippen LogP contribution < -0.4 is 0 Å². The Morgan fingerprint density at radius 2 is 2.21 bits per heavy atom. The van der Waals surface area contributed by atoms with Gasteiger partial charge in [-0.25, -0.2) is 9.97 Å². The molecule has 0 amide bonds. The molecule has 6 heteroatoms. The van der Waals surface area contributed by atoms with Crippen LogP contribution in [0.2, 0.25) is 0 Å². The predicted octanol–water partition coefficient (Wildman–Crippen LogP) is 1.89. The Hall–Kier alpha value is -0.370. The molecule has 0 fully saturated rings. The van der Waals surface area contributed by atoms with E-state index >= 15 is 0 Å². The van der Waals surface area contributed by atoms with E-state index in [-0.39, 0.29) is 5.92 Å². The van der Waals surface area contributed by atoms with Crippen LogP contribution in [-0.4, -0.2) is 26.8 Å². The molecule has 1 unspecified atom stereocenters. The molecule has 1 N–H and O–H groups in total. The maximum atomic E-state index is 10.5. The first kappa shape index (κ1) is 11.7. The average Bonchev–Trinajstić information content (AvgIpc) is 2.16. The molecule has 1 aromatic rings. The van der Waals surface area contributed by atoms with Crippen molar-refractivity contribution in [1.29, 1.82) is 0 Å². The number of hydrogen-bond acceptors (Lipinski definition) is 4. The van der Waals surface area contributed by atoms with E-state index in [0.29, 0.717) is 10.9 Å². The molecule has 0 aliphatic heterocycles. The maximum Gasteiger partial charge on any atom is 0.307 e. The van der Waals surface area contributed by atoms with Gasteiger partial charge >= 0.3 is 5.97 Å². The molecule has 0 aliphatic carbocycles. The normalized spacial score (nSPS) is 12.4. The summed E-state index contributed by atoms with van der Waals surface area (Å²) >= 11 is 3.48. The Kier molecular flexibility index (Phi) is 4.59. The molecule has 0 saturated carbocycles. The Bertz CT molecular complexity index is 318. The molecular formula is C8H9IN2O2S. The van der Waals surface area contributed by atoms with Gasteiger partial charge in [0.25, 0.3) is 0 Å². The Labute approximate surface area is 99.7 Å². The predicted molar refractivity (Wildman–Crippen MR) is 62.3 cm³/mol. The quantitative estimate of drug-likeness (QED) is 0.521. The van der Waals surface area contributed by atoms with Crippen molar-refractivity contribution in [3.63, 3.8) is 0 Å². The molecule has 1 rings (SSSR count). The Morgan fingerprint density at radius 3 is 2.71 bits per heavy atom. The van der Waals surface area contributed by atoms with Crippen molar-refractivity contribution < 1.29 is 9.90 Å². The highest BCUT2D eigenvalue weighted by Crippen LogP contribution is 2.16. The third-order valence-corrected chi connectivity index (χ3v) is 3.17. The molecule has 0 bridgehead atoms. The van der Waals surface area contributed by atoms with Gasteiger partial charge in [0, 0.05) is 21.7 Å². The lowest BCUT2D eigenvalue weighted by atomic mass is 10.2. The molecule has 1 aromatic heterocycles. The topological polar surface area (TPSA) is 63.1 Å². The molecule has 4 nitrogen and oxygen atoms in total. The van der Waals surface area contributed by atoms with E-state index in [2.05, 4.69) is 32.6 Å². The van der Waals surface area contributed by atoms with Gasteiger partial charge in [-0.05, 0) is 22.6 Å². The van der Waals surface area contributed by atoms with Crippen LogP contribution >= 0.6 is 34.4 Å². The minimum absolute atomic E-state index is 0.372. The number of aliphatic carboxylic acids is 1. The number of aromatic nitrogens is 2. The van der Waals surface area contributed by atoms with E-state index in [1.165, 1.54) is 11.8 Å². The summed E-state index contributed by atoms with van der Waals surface area (Å²) in [4.78, 5) is 18.6. The first-order valence-electron chi connectivity index (χ1n) is 3.92. The van der Waals surface area contributed by atoms with E-state index in [9.17, 15) is 4.79 Å². The fourth-order valence-corrected chi connectivity index (χ4v) is 1.72. The fourth-order valence-electron chi connectivity index (χ4n) is 0.646. The highest BCUT2D eigenvalue weighted by atomic mass is 127. The van der Waals surface area contributed by atoms with Gasteiger partial charge in [0.1, 0.15) is 0 Å². The molecule has 1 heterocycles. The van der Waals surface area contributed by atoms with Crippen LogP contribution in [0.3, 0.4) is 0 Å². The number of halogens is 1. The van der Waals surface area contributed by atoms with Gasteiger partial charge in [-0.3, -0.25) is 4.79 Å². The highest BCUT2D eigenvalue weighted by Gasteiger charge is 2.11. The first-order chi connectivity index (χ1) is 6.59. The van der Waals surface area contributed by atoms with Crippen molar-refractivity contribution >= 4 is 40.3 Å². The Balaban J connectivity index is 2.46. The number of hydrogen-bond donors (Lipinski definition) is 1. The van der Waals surface area contributed by atoms with Crippen molar-refractivity contribution in [2.24, 2.45) is 5.92 Å². The van der Waals surface area contributed by atoms with Crippen molar-refractivity contribution in [2.75, 3.05) is 5.75 Å². The molecule has 76 valence electrons. The molecule has 0 aliphatic rings. The monoisotopic (exact) mass is 324 g/mol. The molecular weight excluding hydrogens is 315 g/mol. The smallest absolute Gasteiger partial charge is 0.307 e. The minimum Gasteiger partial charge on any atom is -0.481 e. The zero-order valence-corrected chi connectivity index (χ0v) is 10.4. The number of carboxylic acid groups (broad SMARTS) is 1. The number of carbonyl (C=O) groups is 1. The van der Waals surface area contributed by atoms with Crippen LogP contribution in [0.5, 0.6) is 0 Å². The van der Waals surface area contributed by atoms with Gasteiger partial charge in [0.2, 0.25) is 0 Å². The van der Waals surface area contributed by atoms with E-state index in [1.807, 2.05) is 0 Å². The lowest BCUT2D eigenvalue weighted by Crippen LogP contribution is -2.11. The Morgan fingerprint density at radius 1 is 1.64 bits per heavy atom. The number of rotatable bonds is 4. The van der Waals surface area contributed by atoms with Gasteiger partial charge in [0.15, 0.2) is 5.16 Å². The third kappa shape index (κ3) is 3.79. The summed E-state index contributed by atoms with van der Waals surface area (Å²) in [6, 6.07) is 0. The molecule has 0 spiro atoms. The molecule has 1 atom stereocenters. The standard InChI is InChI=1S/C8H9IN2O2S/c1-5(7(12)13)4-14-8-10-2-6(9)3-11-8/h2-3,5H,4H2,1H3,(H,12,13). The van der Waals surface area contributed by atoms with E-state index in [4.69, 9.17) is 5.11 Å². The average molecular weight is 324 g/mol. The fraction of sp³-hybridized carbons (Fsp3) is 0.375. The molecule has 14 heavy (non-hydrogen) atoms. The first-order valence-corrected chi connectivity index (χ1v) is 5.99. The van der Waals surface area contributed by atoms with E-state index < -0.39 is 5.97 Å². The minimum atomic E-state index is -0.789. The lowest BCUT2D eigenvalue weighted by molar-refractivity contribution is -0.140. The van der Waals surface area contributed by atoms with Crippen molar-refractivity contribution in [2.45, 2.75) is 12.1 Å². The maximum absolute atomic E-state index is 10.5. The molecule has 0 saturated heterocycles. The van der Waals surface area contributed by atoms with Crippen LogP contribution in [0.15, 0.2) is 17.6 Å². The van der Waals surface area contributed by atoms with Crippen LogP contribution in [-0.2, 0) is 4.79 Å². The number of nitrogens with zero attached hydrogens (tertiary/aromatic N) is 2. The van der Waals surface area contributed by atoms with Crippen molar-refractivity contribution in [1.82, 2.24) is 9.97 Å². The summed E-state index contributed by atoms with van der Waals surface area (Å²) in [6.45, 7) is 1.67. The SMILES string of the molecule is CC(CSc1ncc(I)cn1)C(=O)O. The van der Waals surface area contributed by atoms with E-state index in [1.54, 1.807) is 19.3 Å². The second-order valence-corrected chi connectivity index (χ2v) is 4.97. The van der Waals surface area contributed by atoms with Gasteiger partial charge < -0.3 is 5.11 Å². The zero-order valence-electron chi connectivity index (χ0n) is 7.48. The summed E-state index contributed by atoms with van der Waals surface area (Å²) in [5.74, 6) is -0.665. The summed E-state index contributed by atoms with van der Waals surface area (Å²) < 4.78 is 0.971. The summed E-state index contributed by atoms with van der Waals surface area (Å²) in [7, 11) is 0. The highest BCUT2D eigenvalue weighted by molar-refractivity contribution is 14.1. The van der Waals surface area contributed by atoms with Gasteiger partial charge in [-0.2, -0.15) is 0 Å². The van der Waals surface area contributed by atoms with Gasteiger partial charge in [-0.1, -0.05) is 18.7 Å². The molecule has 0 aromatic carbocycles. The van der Waals surface area contributed by atoms with Crippen LogP contribution in [0.1, 0.15) is 6.92 Å². The zero-order chi connectivity index (χ0) is 10.6. The van der Waals surface area contributed by atoms with Crippen LogP contribution in [0, 0.1) is 9.49 Å². The van der Waals surface area contributed by atoms with Crippen LogP contribution in [0.25, 0.3) is 0 Å². The second-order valence-electron chi connectivity index (χ2n) is 2.73. The van der Waals surface area contributed by atoms with Gasteiger partial charge in [0.05, 0.1) is 5.92 Å². The summed E-state index contributed by atoms with van der Waals surface area (Å²) in [5.41, 5.74) is 0. The number of carboxylic acids is 1. The van der Waals surface area contributed by atoms with E-state index in [0.717, 1.165) is 3.57 Å². The van der Waals surface area contributed by atoms with Crippen molar-refractivity contribution in [3.8, 4) is 0 Å². The van der Waals surface area contributed by atoms with Crippen molar-refractivity contribution in [3.05, 3.63) is 16.0 Å². The largest absolute Gasteiger partial charge is 0.481 e. The summed E-state index contributed by atoms with van der Waals surface area (Å²) in [6.07, 6.45) is 3.42. The lowest BCUT2D eigenvalue weighted by Gasteiger charge is -2.03. The summed E-state index contributed by atoms with van der Waals surface area (Å²) in [5, 5.41) is 9.27. The number of thioether (sulfide) groups is 1.